The minimum Gasteiger partial charge on any atom is -0.480 e. The first-order valence-corrected chi connectivity index (χ1v) is 13.2. The molecule has 0 fully saturated rings. The SMILES string of the molecule is CSCC[C@H](N)C(=O)O.NCCCC[C@H](N)C(=O)O.NCCCC[C@H](N)C(=O)O.N[C@@H](CS)C(=O)O. The highest BCUT2D eigenvalue weighted by molar-refractivity contribution is 7.98. The van der Waals surface area contributed by atoms with Gasteiger partial charge in [0.15, 0.2) is 0 Å². The van der Waals surface area contributed by atoms with Crippen LogP contribution in [0.5, 0.6) is 0 Å². The number of hydrogen-bond acceptors (Lipinski definition) is 12. The van der Waals surface area contributed by atoms with Crippen LogP contribution in [0.25, 0.3) is 0 Å². The first-order chi connectivity index (χ1) is 16.7. The van der Waals surface area contributed by atoms with Crippen LogP contribution in [0.4, 0.5) is 0 Å². The number of unbranched alkanes of at least 4 members (excludes halogenated alkanes) is 2. The number of carboxylic acid groups (broad SMARTS) is 4. The molecule has 0 heterocycles. The summed E-state index contributed by atoms with van der Waals surface area (Å²) in [5.41, 5.74) is 31.0. The van der Waals surface area contributed by atoms with Crippen molar-refractivity contribution in [2.24, 2.45) is 34.4 Å². The lowest BCUT2D eigenvalue weighted by Crippen LogP contribution is -2.31. The molecule has 0 aliphatic heterocycles. The van der Waals surface area contributed by atoms with E-state index < -0.39 is 48.0 Å². The summed E-state index contributed by atoms with van der Waals surface area (Å²) in [7, 11) is 0. The number of aliphatic carboxylic acids is 4. The molecule has 0 aliphatic carbocycles. The van der Waals surface area contributed by atoms with Crippen LogP contribution in [-0.2, 0) is 19.2 Å². The van der Waals surface area contributed by atoms with Crippen molar-refractivity contribution in [1.29, 1.82) is 0 Å². The molecule has 4 atom stereocenters. The normalized spacial score (nSPS) is 13.1. The second kappa shape index (κ2) is 29.6. The maximum atomic E-state index is 10.1. The Morgan fingerprint density at radius 1 is 0.639 bits per heavy atom. The zero-order valence-electron chi connectivity index (χ0n) is 20.8. The fourth-order valence-electron chi connectivity index (χ4n) is 1.71. The van der Waals surface area contributed by atoms with Gasteiger partial charge in [0.05, 0.1) is 0 Å². The van der Waals surface area contributed by atoms with Crippen molar-refractivity contribution >= 4 is 48.3 Å². The molecule has 0 spiro atoms. The van der Waals surface area contributed by atoms with E-state index in [1.54, 1.807) is 11.8 Å². The molecule has 0 saturated heterocycles. The lowest BCUT2D eigenvalue weighted by atomic mass is 10.1. The van der Waals surface area contributed by atoms with E-state index in [4.69, 9.17) is 54.8 Å². The molecule has 0 aromatic heterocycles. The summed E-state index contributed by atoms with van der Waals surface area (Å²) >= 11 is 5.25. The number of thioether (sulfide) groups is 1. The van der Waals surface area contributed by atoms with Crippen LogP contribution in [0.3, 0.4) is 0 Å². The largest absolute Gasteiger partial charge is 0.480 e. The maximum Gasteiger partial charge on any atom is 0.321 e. The van der Waals surface area contributed by atoms with Crippen molar-refractivity contribution in [2.75, 3.05) is 30.9 Å². The van der Waals surface area contributed by atoms with Gasteiger partial charge in [0.25, 0.3) is 0 Å². The Balaban J connectivity index is -0.000000191. The van der Waals surface area contributed by atoms with Crippen LogP contribution >= 0.6 is 24.4 Å². The van der Waals surface area contributed by atoms with Crippen LogP contribution < -0.4 is 34.4 Å². The van der Waals surface area contributed by atoms with Crippen molar-refractivity contribution in [2.45, 2.75) is 69.1 Å². The highest BCUT2D eigenvalue weighted by Gasteiger charge is 2.10. The molecule has 0 bridgehead atoms. The zero-order chi connectivity index (χ0) is 29.1. The van der Waals surface area contributed by atoms with Gasteiger partial charge >= 0.3 is 23.9 Å². The van der Waals surface area contributed by atoms with Crippen LogP contribution in [0.15, 0.2) is 0 Å². The fraction of sp³-hybridized carbons (Fsp3) is 0.800. The minimum absolute atomic E-state index is 0.190. The van der Waals surface area contributed by atoms with Gasteiger partial charge in [0.2, 0.25) is 0 Å². The molecule has 216 valence electrons. The van der Waals surface area contributed by atoms with Crippen molar-refractivity contribution in [3.05, 3.63) is 0 Å². The molecule has 0 amide bonds. The monoisotopic (exact) mass is 562 g/mol. The van der Waals surface area contributed by atoms with Crippen molar-refractivity contribution in [1.82, 2.24) is 0 Å². The number of rotatable bonds is 16. The average Bonchev–Trinajstić information content (AvgIpc) is 2.82. The third-order valence-corrected chi connectivity index (χ3v) is 5.07. The second-order valence-corrected chi connectivity index (χ2v) is 8.66. The van der Waals surface area contributed by atoms with Gasteiger partial charge in [0, 0.05) is 5.75 Å². The molecule has 16 N–H and O–H groups in total. The van der Waals surface area contributed by atoms with E-state index in [-0.39, 0.29) is 5.75 Å². The summed E-state index contributed by atoms with van der Waals surface area (Å²) in [4.78, 5) is 40.1. The molecular weight excluding hydrogens is 516 g/mol. The first-order valence-electron chi connectivity index (χ1n) is 11.2. The Morgan fingerprint density at radius 3 is 1.14 bits per heavy atom. The third kappa shape index (κ3) is 34.5. The topological polar surface area (TPSA) is 305 Å². The summed E-state index contributed by atoms with van der Waals surface area (Å²) in [6, 6.07) is -2.93. The van der Waals surface area contributed by atoms with Crippen molar-refractivity contribution < 1.29 is 39.6 Å². The Labute approximate surface area is 222 Å². The van der Waals surface area contributed by atoms with Crippen molar-refractivity contribution in [3.63, 3.8) is 0 Å². The van der Waals surface area contributed by atoms with Crippen LogP contribution in [0.2, 0.25) is 0 Å². The Hall–Kier alpha value is -1.66. The summed E-state index contributed by atoms with van der Waals surface area (Å²) in [5.74, 6) is -2.78. The predicted octanol–water partition coefficient (Wildman–Crippen LogP) is -1.47. The molecule has 0 rings (SSSR count). The van der Waals surface area contributed by atoms with E-state index in [2.05, 4.69) is 12.6 Å². The number of thiol groups is 1. The summed E-state index contributed by atoms with van der Waals surface area (Å²) in [6.45, 7) is 1.21. The molecule has 16 heteroatoms. The number of carbonyl (C=O) groups is 4. The first kappa shape index (κ1) is 41.5. The fourth-order valence-corrected chi connectivity index (χ4v) is 2.36. The molecular formula is C20H46N6O8S2. The standard InChI is InChI=1S/2C6H14N2O2.C5H11NO2S.C3H7NO2S/c2*7-4-2-1-3-5(8)6(9)10;1-9-3-2-4(6)5(7)8;4-2(1-7)3(5)6/h2*5H,1-4,7-8H2,(H,9,10);4H,2-3,6H2,1H3,(H,7,8);2,7H,1,4H2,(H,5,6)/t2*5-;4-;2-/m0000/s1. The van der Waals surface area contributed by atoms with Gasteiger partial charge in [-0.1, -0.05) is 12.8 Å². The Morgan fingerprint density at radius 2 is 0.944 bits per heavy atom. The third-order valence-electron chi connectivity index (χ3n) is 4.04. The predicted molar refractivity (Wildman–Crippen MR) is 145 cm³/mol. The van der Waals surface area contributed by atoms with E-state index >= 15 is 0 Å². The molecule has 36 heavy (non-hydrogen) atoms. The van der Waals surface area contributed by atoms with Crippen LogP contribution in [0.1, 0.15) is 44.9 Å². The average molecular weight is 563 g/mol. The summed E-state index contributed by atoms with van der Waals surface area (Å²) in [5, 5.41) is 32.9. The van der Waals surface area contributed by atoms with Gasteiger partial charge in [-0.2, -0.15) is 24.4 Å². The van der Waals surface area contributed by atoms with Gasteiger partial charge in [-0.25, -0.2) is 0 Å². The van der Waals surface area contributed by atoms with E-state index in [0.717, 1.165) is 31.4 Å². The zero-order valence-corrected chi connectivity index (χ0v) is 22.5. The molecule has 0 radical (unpaired) electrons. The second-order valence-electron chi connectivity index (χ2n) is 7.31. The van der Waals surface area contributed by atoms with Gasteiger partial charge < -0.3 is 54.8 Å². The van der Waals surface area contributed by atoms with Crippen LogP contribution in [0, 0.1) is 0 Å². The molecule has 0 unspecified atom stereocenters. The molecule has 0 aliphatic rings. The summed E-state index contributed by atoms with van der Waals surface area (Å²) in [6.07, 6.45) is 6.81. The lowest BCUT2D eigenvalue weighted by Gasteiger charge is -2.03. The minimum atomic E-state index is -1.00. The van der Waals surface area contributed by atoms with E-state index in [0.29, 0.717) is 32.4 Å². The number of nitrogens with two attached hydrogens (primary N) is 6. The number of hydrogen-bond donors (Lipinski definition) is 11. The van der Waals surface area contributed by atoms with Gasteiger partial charge in [-0.3, -0.25) is 19.2 Å². The van der Waals surface area contributed by atoms with Gasteiger partial charge in [-0.15, -0.1) is 0 Å². The van der Waals surface area contributed by atoms with Crippen molar-refractivity contribution in [3.8, 4) is 0 Å². The molecule has 14 nitrogen and oxygen atoms in total. The molecule has 0 saturated carbocycles. The highest BCUT2D eigenvalue weighted by atomic mass is 32.2. The molecule has 0 aromatic carbocycles. The Kier molecular flexibility index (Phi) is 34.1. The van der Waals surface area contributed by atoms with Gasteiger partial charge in [-0.05, 0) is 57.2 Å². The van der Waals surface area contributed by atoms with Crippen LogP contribution in [-0.4, -0.2) is 99.3 Å². The quantitative estimate of drug-likeness (QED) is 0.0755. The van der Waals surface area contributed by atoms with E-state index in [1.165, 1.54) is 0 Å². The summed E-state index contributed by atoms with van der Waals surface area (Å²) < 4.78 is 0. The maximum absolute atomic E-state index is 10.1. The number of carboxylic acids is 4. The highest BCUT2D eigenvalue weighted by Crippen LogP contribution is 1.98. The Bertz CT molecular complexity index is 552. The lowest BCUT2D eigenvalue weighted by molar-refractivity contribution is -0.139. The van der Waals surface area contributed by atoms with E-state index in [9.17, 15) is 19.2 Å². The molecule has 0 aromatic rings. The van der Waals surface area contributed by atoms with E-state index in [1.807, 2.05) is 6.26 Å². The van der Waals surface area contributed by atoms with Gasteiger partial charge in [0.1, 0.15) is 24.2 Å². The smallest absolute Gasteiger partial charge is 0.321 e.